The molecule has 1 saturated heterocycles. The number of nitrogens with zero attached hydrogens (tertiary/aromatic N) is 2. The SMILES string of the molecule is C[C@H]1[C@@H](OC(=O)c2cc([N+](=O)[O-])cc([N+](=O)[O-])c2)C[C@@H](C)O[C@H]1c1ccc(Br)cc1. The van der Waals surface area contributed by atoms with Crippen molar-refractivity contribution in [1.29, 1.82) is 0 Å². The minimum absolute atomic E-state index is 0.188. The summed E-state index contributed by atoms with van der Waals surface area (Å²) in [5.74, 6) is -1.04. The van der Waals surface area contributed by atoms with Crippen LogP contribution in [0.1, 0.15) is 42.3 Å². The summed E-state index contributed by atoms with van der Waals surface area (Å²) in [6, 6.07) is 10.4. The van der Waals surface area contributed by atoms with Gasteiger partial charge in [0.05, 0.1) is 33.7 Å². The van der Waals surface area contributed by atoms with Crippen LogP contribution in [0.5, 0.6) is 0 Å². The molecule has 30 heavy (non-hydrogen) atoms. The highest BCUT2D eigenvalue weighted by Gasteiger charge is 2.38. The van der Waals surface area contributed by atoms with E-state index in [1.165, 1.54) is 0 Å². The van der Waals surface area contributed by atoms with Crippen LogP contribution in [-0.2, 0) is 9.47 Å². The van der Waals surface area contributed by atoms with Gasteiger partial charge in [0.15, 0.2) is 0 Å². The number of non-ortho nitro benzene ring substituents is 2. The molecule has 158 valence electrons. The molecular weight excluding hydrogens is 460 g/mol. The van der Waals surface area contributed by atoms with E-state index >= 15 is 0 Å². The summed E-state index contributed by atoms with van der Waals surface area (Å²) >= 11 is 3.39. The molecule has 2 aromatic rings. The number of esters is 1. The van der Waals surface area contributed by atoms with Gasteiger partial charge in [0.25, 0.3) is 11.4 Å². The number of rotatable bonds is 5. The molecule has 0 unspecified atom stereocenters. The zero-order chi connectivity index (χ0) is 22.0. The maximum atomic E-state index is 12.7. The molecule has 1 heterocycles. The second kappa shape index (κ2) is 8.88. The standard InChI is InChI=1S/C20H19BrN2O7/c1-11-7-18(12(2)19(29-11)13-3-5-15(21)6-4-13)30-20(24)14-8-16(22(25)26)10-17(9-14)23(27)28/h3-6,8-12,18-19H,7H2,1-2H3/t11-,12+,18+,19-/m1/s1. The van der Waals surface area contributed by atoms with E-state index in [2.05, 4.69) is 15.9 Å². The first-order chi connectivity index (χ1) is 14.2. The average Bonchev–Trinajstić information content (AvgIpc) is 2.70. The molecular formula is C20H19BrN2O7. The lowest BCUT2D eigenvalue weighted by molar-refractivity contribution is -0.394. The van der Waals surface area contributed by atoms with Crippen molar-refractivity contribution < 1.29 is 24.1 Å². The minimum atomic E-state index is -0.845. The summed E-state index contributed by atoms with van der Waals surface area (Å²) in [4.78, 5) is 33.3. The summed E-state index contributed by atoms with van der Waals surface area (Å²) in [6.07, 6.45) is -0.573. The third kappa shape index (κ3) is 4.82. The van der Waals surface area contributed by atoms with Crippen molar-refractivity contribution in [3.8, 4) is 0 Å². The third-order valence-corrected chi connectivity index (χ3v) is 5.55. The molecule has 0 radical (unpaired) electrons. The van der Waals surface area contributed by atoms with Crippen LogP contribution < -0.4 is 0 Å². The first-order valence-corrected chi connectivity index (χ1v) is 10.0. The fourth-order valence-electron chi connectivity index (χ4n) is 3.49. The van der Waals surface area contributed by atoms with Crippen LogP contribution >= 0.6 is 15.9 Å². The zero-order valence-corrected chi connectivity index (χ0v) is 17.8. The molecule has 10 heteroatoms. The Morgan fingerprint density at radius 1 is 1.07 bits per heavy atom. The Labute approximate surface area is 180 Å². The van der Waals surface area contributed by atoms with Crippen molar-refractivity contribution in [3.05, 3.63) is 78.3 Å². The van der Waals surface area contributed by atoms with Crippen LogP contribution in [-0.4, -0.2) is 28.0 Å². The van der Waals surface area contributed by atoms with Gasteiger partial charge < -0.3 is 9.47 Å². The van der Waals surface area contributed by atoms with Gasteiger partial charge in [-0.3, -0.25) is 20.2 Å². The second-order valence-corrected chi connectivity index (χ2v) is 8.13. The van der Waals surface area contributed by atoms with Gasteiger partial charge in [0, 0.05) is 28.9 Å². The van der Waals surface area contributed by atoms with Gasteiger partial charge in [-0.05, 0) is 24.6 Å². The van der Waals surface area contributed by atoms with E-state index in [1.54, 1.807) is 0 Å². The van der Waals surface area contributed by atoms with Gasteiger partial charge in [-0.25, -0.2) is 4.79 Å². The average molecular weight is 479 g/mol. The number of hydrogen-bond acceptors (Lipinski definition) is 7. The van der Waals surface area contributed by atoms with E-state index in [0.29, 0.717) is 6.42 Å². The van der Waals surface area contributed by atoms with E-state index in [0.717, 1.165) is 28.2 Å². The van der Waals surface area contributed by atoms with Gasteiger partial charge in [0.2, 0.25) is 0 Å². The molecule has 0 bridgehead atoms. The Kier molecular flexibility index (Phi) is 6.47. The van der Waals surface area contributed by atoms with Crippen LogP contribution in [0.3, 0.4) is 0 Å². The second-order valence-electron chi connectivity index (χ2n) is 7.21. The maximum Gasteiger partial charge on any atom is 0.338 e. The lowest BCUT2D eigenvalue weighted by Crippen LogP contribution is -2.39. The summed E-state index contributed by atoms with van der Waals surface area (Å²) in [5.41, 5.74) is -0.388. The first-order valence-electron chi connectivity index (χ1n) is 9.21. The summed E-state index contributed by atoms with van der Waals surface area (Å²) in [5, 5.41) is 22.1. The van der Waals surface area contributed by atoms with E-state index in [9.17, 15) is 25.0 Å². The number of carbonyl (C=O) groups is 1. The number of carbonyl (C=O) groups excluding carboxylic acids is 1. The molecule has 0 aliphatic carbocycles. The van der Waals surface area contributed by atoms with Crippen molar-refractivity contribution in [1.82, 2.24) is 0 Å². The molecule has 3 rings (SSSR count). The predicted molar refractivity (Wildman–Crippen MR) is 110 cm³/mol. The number of ether oxygens (including phenoxy) is 2. The van der Waals surface area contributed by atoms with Gasteiger partial charge in [-0.1, -0.05) is 35.0 Å². The Balaban J connectivity index is 1.84. The van der Waals surface area contributed by atoms with Crippen LogP contribution in [0.2, 0.25) is 0 Å². The van der Waals surface area contributed by atoms with Crippen molar-refractivity contribution >= 4 is 33.3 Å². The predicted octanol–water partition coefficient (Wildman–Crippen LogP) is 4.98. The highest BCUT2D eigenvalue weighted by Crippen LogP contribution is 2.38. The smallest absolute Gasteiger partial charge is 0.338 e. The zero-order valence-electron chi connectivity index (χ0n) is 16.2. The van der Waals surface area contributed by atoms with E-state index in [1.807, 2.05) is 38.1 Å². The monoisotopic (exact) mass is 478 g/mol. The molecule has 0 aromatic heterocycles. The van der Waals surface area contributed by atoms with Crippen LogP contribution in [0.15, 0.2) is 46.9 Å². The Bertz CT molecular complexity index is 947. The Morgan fingerprint density at radius 3 is 2.17 bits per heavy atom. The molecule has 2 aromatic carbocycles. The van der Waals surface area contributed by atoms with Crippen molar-refractivity contribution in [3.63, 3.8) is 0 Å². The lowest BCUT2D eigenvalue weighted by atomic mass is 9.86. The summed E-state index contributed by atoms with van der Waals surface area (Å²) in [6.45, 7) is 3.77. The topological polar surface area (TPSA) is 122 Å². The number of hydrogen-bond donors (Lipinski definition) is 0. The maximum absolute atomic E-state index is 12.7. The van der Waals surface area contributed by atoms with Crippen LogP contribution in [0.4, 0.5) is 11.4 Å². The molecule has 0 amide bonds. The van der Waals surface area contributed by atoms with Crippen LogP contribution in [0, 0.1) is 26.1 Å². The van der Waals surface area contributed by atoms with Crippen molar-refractivity contribution in [2.75, 3.05) is 0 Å². The summed E-state index contributed by atoms with van der Waals surface area (Å²) < 4.78 is 12.6. The fraction of sp³-hybridized carbons (Fsp3) is 0.350. The molecule has 0 saturated carbocycles. The number of nitro benzene ring substituents is 2. The minimum Gasteiger partial charge on any atom is -0.458 e. The number of halogens is 1. The van der Waals surface area contributed by atoms with Gasteiger partial charge >= 0.3 is 5.97 Å². The highest BCUT2D eigenvalue weighted by atomic mass is 79.9. The summed E-state index contributed by atoms with van der Waals surface area (Å²) in [7, 11) is 0. The molecule has 1 fully saturated rings. The molecule has 0 N–H and O–H groups in total. The van der Waals surface area contributed by atoms with E-state index < -0.39 is 33.3 Å². The highest BCUT2D eigenvalue weighted by molar-refractivity contribution is 9.10. The van der Waals surface area contributed by atoms with E-state index in [-0.39, 0.29) is 23.7 Å². The quantitative estimate of drug-likeness (QED) is 0.337. The van der Waals surface area contributed by atoms with Crippen LogP contribution in [0.25, 0.3) is 0 Å². The van der Waals surface area contributed by atoms with Gasteiger partial charge in [-0.15, -0.1) is 0 Å². The number of benzene rings is 2. The van der Waals surface area contributed by atoms with Crippen molar-refractivity contribution in [2.24, 2.45) is 5.92 Å². The largest absolute Gasteiger partial charge is 0.458 e. The molecule has 1 aliphatic rings. The molecule has 1 aliphatic heterocycles. The molecule has 9 nitrogen and oxygen atoms in total. The number of nitro groups is 2. The molecule has 4 atom stereocenters. The van der Waals surface area contributed by atoms with Crippen molar-refractivity contribution in [2.45, 2.75) is 38.6 Å². The first kappa shape index (κ1) is 21.8. The Hall–Kier alpha value is -2.85. The van der Waals surface area contributed by atoms with Gasteiger partial charge in [-0.2, -0.15) is 0 Å². The third-order valence-electron chi connectivity index (χ3n) is 5.02. The lowest BCUT2D eigenvalue weighted by Gasteiger charge is -2.39. The molecule has 0 spiro atoms. The van der Waals surface area contributed by atoms with Gasteiger partial charge in [0.1, 0.15) is 6.10 Å². The Morgan fingerprint density at radius 2 is 1.63 bits per heavy atom. The fourth-order valence-corrected chi connectivity index (χ4v) is 3.75. The normalized spacial score (nSPS) is 23.6. The van der Waals surface area contributed by atoms with E-state index in [4.69, 9.17) is 9.47 Å².